The number of fused-ring (bicyclic) bond motifs is 1. The molecule has 0 spiro atoms. The van der Waals surface area contributed by atoms with Crippen molar-refractivity contribution in [3.8, 4) is 0 Å². The number of nitrogens with zero attached hydrogens (tertiary/aromatic N) is 1. The summed E-state index contributed by atoms with van der Waals surface area (Å²) < 4.78 is 22.9. The molecule has 0 aliphatic carbocycles. The number of hydrogen-bond donors (Lipinski definition) is 1. The van der Waals surface area contributed by atoms with Crippen LogP contribution in [0.2, 0.25) is 0 Å². The summed E-state index contributed by atoms with van der Waals surface area (Å²) in [5, 5.41) is 5.01. The summed E-state index contributed by atoms with van der Waals surface area (Å²) in [4.78, 5) is 15.9. The van der Waals surface area contributed by atoms with Crippen molar-refractivity contribution in [3.05, 3.63) is 21.9 Å². The summed E-state index contributed by atoms with van der Waals surface area (Å²) >= 11 is 1.80. The Morgan fingerprint density at radius 2 is 2.32 bits per heavy atom. The predicted octanol–water partition coefficient (Wildman–Crippen LogP) is 1.36. The maximum atomic E-state index is 12.2. The number of hydrogen-bond acceptors (Lipinski definition) is 5. The van der Waals surface area contributed by atoms with Crippen molar-refractivity contribution in [2.45, 2.75) is 38.3 Å². The molecule has 1 aromatic rings. The maximum Gasteiger partial charge on any atom is 0.234 e. The molecule has 2 aliphatic heterocycles. The fourth-order valence-electron chi connectivity index (χ4n) is 3.48. The first kappa shape index (κ1) is 16.0. The fraction of sp³-hybridized carbons (Fsp3) is 0.667. The van der Waals surface area contributed by atoms with Gasteiger partial charge in [-0.2, -0.15) is 0 Å². The SMILES string of the molecule is CC[C@H]1c2ccsc2CCN1CC(=O)N[C@@H]1CCS(=O)(=O)C1. The molecule has 0 saturated carbocycles. The third kappa shape index (κ3) is 3.36. The zero-order valence-corrected chi connectivity index (χ0v) is 14.4. The van der Waals surface area contributed by atoms with Crippen LogP contribution in [0, 0.1) is 0 Å². The molecule has 2 atom stereocenters. The Balaban J connectivity index is 1.60. The van der Waals surface area contributed by atoms with E-state index in [4.69, 9.17) is 0 Å². The third-order valence-corrected chi connectivity index (χ3v) is 7.30. The van der Waals surface area contributed by atoms with Crippen LogP contribution in [0.1, 0.15) is 36.2 Å². The summed E-state index contributed by atoms with van der Waals surface area (Å²) in [6, 6.07) is 2.26. The fourth-order valence-corrected chi connectivity index (χ4v) is 6.08. The number of carbonyl (C=O) groups excluding carboxylic acids is 1. The third-order valence-electron chi connectivity index (χ3n) is 4.54. The standard InChI is InChI=1S/C15H22N2O3S2/c1-2-13-12-4-7-21-14(12)3-6-17(13)9-15(18)16-11-5-8-22(19,20)10-11/h4,7,11,13H,2-3,5-6,8-10H2,1H3,(H,16,18)/t11-,13+/m1/s1. The highest BCUT2D eigenvalue weighted by atomic mass is 32.2. The van der Waals surface area contributed by atoms with Crippen LogP contribution in [0.3, 0.4) is 0 Å². The van der Waals surface area contributed by atoms with E-state index in [1.54, 1.807) is 11.3 Å². The number of thiophene rings is 1. The van der Waals surface area contributed by atoms with Gasteiger partial charge in [0.25, 0.3) is 0 Å². The average Bonchev–Trinajstić information content (AvgIpc) is 3.04. The summed E-state index contributed by atoms with van der Waals surface area (Å²) in [5.41, 5.74) is 1.36. The predicted molar refractivity (Wildman–Crippen MR) is 87.8 cm³/mol. The van der Waals surface area contributed by atoms with Gasteiger partial charge in [0, 0.05) is 23.5 Å². The van der Waals surface area contributed by atoms with Crippen LogP contribution < -0.4 is 5.32 Å². The topological polar surface area (TPSA) is 66.5 Å². The number of rotatable bonds is 4. The van der Waals surface area contributed by atoms with Crippen LogP contribution in [0.15, 0.2) is 11.4 Å². The Hall–Kier alpha value is -0.920. The Labute approximate surface area is 135 Å². The monoisotopic (exact) mass is 342 g/mol. The maximum absolute atomic E-state index is 12.2. The molecule has 22 heavy (non-hydrogen) atoms. The van der Waals surface area contributed by atoms with Crippen LogP contribution in [-0.2, 0) is 21.1 Å². The van der Waals surface area contributed by atoms with Gasteiger partial charge in [0.1, 0.15) is 0 Å². The zero-order valence-electron chi connectivity index (χ0n) is 12.7. The lowest BCUT2D eigenvalue weighted by Gasteiger charge is -2.35. The van der Waals surface area contributed by atoms with Crippen molar-refractivity contribution in [3.63, 3.8) is 0 Å². The molecule has 0 aromatic carbocycles. The van der Waals surface area contributed by atoms with Crippen molar-refractivity contribution < 1.29 is 13.2 Å². The minimum atomic E-state index is -2.95. The molecule has 0 bridgehead atoms. The largest absolute Gasteiger partial charge is 0.351 e. The number of amides is 1. The van der Waals surface area contributed by atoms with E-state index in [0.717, 1.165) is 19.4 Å². The molecule has 1 aromatic heterocycles. The lowest BCUT2D eigenvalue weighted by atomic mass is 9.98. The van der Waals surface area contributed by atoms with Gasteiger partial charge in [-0.1, -0.05) is 6.92 Å². The molecule has 1 N–H and O–H groups in total. The highest BCUT2D eigenvalue weighted by Gasteiger charge is 2.31. The molecule has 7 heteroatoms. The molecule has 1 saturated heterocycles. The van der Waals surface area contributed by atoms with Gasteiger partial charge in [0.2, 0.25) is 5.91 Å². The lowest BCUT2D eigenvalue weighted by Crippen LogP contribution is -2.45. The first-order valence-corrected chi connectivity index (χ1v) is 10.5. The summed E-state index contributed by atoms with van der Waals surface area (Å²) in [6.45, 7) is 3.39. The molecule has 2 aliphatic rings. The van der Waals surface area contributed by atoms with Crippen molar-refractivity contribution in [1.29, 1.82) is 0 Å². The Morgan fingerprint density at radius 3 is 3.00 bits per heavy atom. The lowest BCUT2D eigenvalue weighted by molar-refractivity contribution is -0.123. The Kier molecular flexibility index (Phi) is 4.56. The van der Waals surface area contributed by atoms with Gasteiger partial charge in [0.05, 0.1) is 18.1 Å². The number of sulfone groups is 1. The Morgan fingerprint density at radius 1 is 1.50 bits per heavy atom. The molecular weight excluding hydrogens is 320 g/mol. The normalized spacial score (nSPS) is 27.5. The van der Waals surface area contributed by atoms with E-state index in [1.165, 1.54) is 10.4 Å². The van der Waals surface area contributed by atoms with Gasteiger partial charge in [-0.15, -0.1) is 11.3 Å². The molecular formula is C15H22N2O3S2. The van der Waals surface area contributed by atoms with E-state index in [1.807, 2.05) is 0 Å². The zero-order chi connectivity index (χ0) is 15.7. The minimum Gasteiger partial charge on any atom is -0.351 e. The molecule has 5 nitrogen and oxygen atoms in total. The minimum absolute atomic E-state index is 0.0563. The highest BCUT2D eigenvalue weighted by Crippen LogP contribution is 2.34. The average molecular weight is 342 g/mol. The van der Waals surface area contributed by atoms with Gasteiger partial charge in [-0.05, 0) is 36.3 Å². The molecule has 1 amide bonds. The van der Waals surface area contributed by atoms with E-state index in [9.17, 15) is 13.2 Å². The van der Waals surface area contributed by atoms with Crippen LogP contribution in [0.5, 0.6) is 0 Å². The summed E-state index contributed by atoms with van der Waals surface area (Å²) in [6.07, 6.45) is 2.52. The van der Waals surface area contributed by atoms with Gasteiger partial charge in [0.15, 0.2) is 9.84 Å². The van der Waals surface area contributed by atoms with Crippen LogP contribution in [0.4, 0.5) is 0 Å². The van der Waals surface area contributed by atoms with Crippen molar-refractivity contribution in [1.82, 2.24) is 10.2 Å². The van der Waals surface area contributed by atoms with Gasteiger partial charge < -0.3 is 5.32 Å². The van der Waals surface area contributed by atoms with Crippen molar-refractivity contribution in [2.24, 2.45) is 0 Å². The first-order valence-electron chi connectivity index (χ1n) is 7.78. The molecule has 3 rings (SSSR count). The van der Waals surface area contributed by atoms with Gasteiger partial charge in [-0.3, -0.25) is 9.69 Å². The van der Waals surface area contributed by atoms with Crippen molar-refractivity contribution in [2.75, 3.05) is 24.6 Å². The van der Waals surface area contributed by atoms with E-state index in [0.29, 0.717) is 19.0 Å². The molecule has 0 unspecified atom stereocenters. The van der Waals surface area contributed by atoms with Crippen LogP contribution >= 0.6 is 11.3 Å². The molecule has 122 valence electrons. The van der Waals surface area contributed by atoms with E-state index < -0.39 is 9.84 Å². The molecule has 3 heterocycles. The highest BCUT2D eigenvalue weighted by molar-refractivity contribution is 7.91. The quantitative estimate of drug-likeness (QED) is 0.897. The van der Waals surface area contributed by atoms with Crippen LogP contribution in [0.25, 0.3) is 0 Å². The van der Waals surface area contributed by atoms with E-state index in [2.05, 4.69) is 28.6 Å². The van der Waals surface area contributed by atoms with E-state index in [-0.39, 0.29) is 23.5 Å². The van der Waals surface area contributed by atoms with Gasteiger partial charge in [-0.25, -0.2) is 8.42 Å². The summed E-state index contributed by atoms with van der Waals surface area (Å²) in [5.74, 6) is 0.224. The van der Waals surface area contributed by atoms with Crippen LogP contribution in [-0.4, -0.2) is 49.9 Å². The molecule has 0 radical (unpaired) electrons. The second kappa shape index (κ2) is 6.29. The second-order valence-corrected chi connectivity index (χ2v) is 9.34. The van der Waals surface area contributed by atoms with Gasteiger partial charge >= 0.3 is 0 Å². The Bertz CT molecular complexity index is 653. The first-order chi connectivity index (χ1) is 10.5. The number of carbonyl (C=O) groups is 1. The van der Waals surface area contributed by atoms with E-state index >= 15 is 0 Å². The number of nitrogens with one attached hydrogen (secondary N) is 1. The smallest absolute Gasteiger partial charge is 0.234 e. The second-order valence-electron chi connectivity index (χ2n) is 6.11. The molecule has 1 fully saturated rings. The summed E-state index contributed by atoms with van der Waals surface area (Å²) in [7, 11) is -2.95. The van der Waals surface area contributed by atoms with Crippen molar-refractivity contribution >= 4 is 27.1 Å².